The van der Waals surface area contributed by atoms with Crippen molar-refractivity contribution >= 4 is 17.8 Å². The molecule has 0 aromatic carbocycles. The molecule has 2 heterocycles. The molecule has 2 rings (SSSR count). The van der Waals surface area contributed by atoms with Crippen molar-refractivity contribution < 1.29 is 28.0 Å². The van der Waals surface area contributed by atoms with Gasteiger partial charge in [-0.1, -0.05) is 0 Å². The summed E-state index contributed by atoms with van der Waals surface area (Å²) in [4.78, 5) is 35.1. The molecule has 0 fully saturated rings. The number of rotatable bonds is 4. The highest BCUT2D eigenvalue weighted by Gasteiger charge is 2.20. The first-order valence-electron chi connectivity index (χ1n) is 6.76. The van der Waals surface area contributed by atoms with Crippen LogP contribution in [-0.2, 0) is 9.53 Å². The minimum Gasteiger partial charge on any atom is -0.465 e. The molecule has 0 atom stereocenters. The van der Waals surface area contributed by atoms with Crippen LogP contribution in [0.3, 0.4) is 0 Å². The molecule has 0 saturated carbocycles. The lowest BCUT2D eigenvalue weighted by Crippen LogP contribution is -2.43. The Kier molecular flexibility index (Phi) is 4.85. The van der Waals surface area contributed by atoms with Crippen molar-refractivity contribution in [1.29, 1.82) is 0 Å². The van der Waals surface area contributed by atoms with Crippen LogP contribution >= 0.6 is 0 Å². The number of hydrogen-bond acceptors (Lipinski definition) is 6. The van der Waals surface area contributed by atoms with Crippen LogP contribution in [0.2, 0.25) is 0 Å². The highest BCUT2D eigenvalue weighted by atomic mass is 16.5. The van der Waals surface area contributed by atoms with Crippen LogP contribution in [0, 0.1) is 20.8 Å². The van der Waals surface area contributed by atoms with Gasteiger partial charge in [-0.2, -0.15) is 0 Å². The second-order valence-corrected chi connectivity index (χ2v) is 4.77. The van der Waals surface area contributed by atoms with Crippen LogP contribution in [-0.4, -0.2) is 24.4 Å². The zero-order chi connectivity index (χ0) is 17.0. The first-order chi connectivity index (χ1) is 10.9. The molecule has 0 spiro atoms. The zero-order valence-electron chi connectivity index (χ0n) is 12.9. The highest BCUT2D eigenvalue weighted by molar-refractivity contribution is 5.95. The molecule has 8 nitrogen and oxygen atoms in total. The predicted molar refractivity (Wildman–Crippen MR) is 77.5 cm³/mol. The average molecular weight is 320 g/mol. The van der Waals surface area contributed by atoms with E-state index in [1.54, 1.807) is 20.8 Å². The fourth-order valence-corrected chi connectivity index (χ4v) is 1.93. The molecule has 0 radical (unpaired) electrons. The van der Waals surface area contributed by atoms with Crippen molar-refractivity contribution in [3.63, 3.8) is 0 Å². The predicted octanol–water partition coefficient (Wildman–Crippen LogP) is 1.42. The van der Waals surface area contributed by atoms with E-state index < -0.39 is 24.4 Å². The molecule has 0 unspecified atom stereocenters. The number of carbonyl (C=O) groups is 3. The summed E-state index contributed by atoms with van der Waals surface area (Å²) < 4.78 is 15.1. The van der Waals surface area contributed by atoms with Crippen LogP contribution < -0.4 is 10.9 Å². The Balaban J connectivity index is 1.82. The highest BCUT2D eigenvalue weighted by Crippen LogP contribution is 2.21. The van der Waals surface area contributed by atoms with Crippen LogP contribution in [0.5, 0.6) is 0 Å². The van der Waals surface area contributed by atoms with E-state index in [1.807, 2.05) is 0 Å². The Morgan fingerprint density at radius 2 is 1.87 bits per heavy atom. The smallest absolute Gasteiger partial charge is 0.342 e. The van der Waals surface area contributed by atoms with Crippen molar-refractivity contribution in [2.75, 3.05) is 6.61 Å². The van der Waals surface area contributed by atoms with Crippen molar-refractivity contribution in [3.8, 4) is 0 Å². The fourth-order valence-electron chi connectivity index (χ4n) is 1.93. The number of furan rings is 2. The summed E-state index contributed by atoms with van der Waals surface area (Å²) in [5.74, 6) is -0.881. The lowest BCUT2D eigenvalue weighted by molar-refractivity contribution is -0.125. The Bertz CT molecular complexity index is 729. The van der Waals surface area contributed by atoms with Crippen LogP contribution in [0.25, 0.3) is 0 Å². The summed E-state index contributed by atoms with van der Waals surface area (Å²) in [5.41, 5.74) is 5.21. The van der Waals surface area contributed by atoms with E-state index in [-0.39, 0.29) is 5.76 Å². The zero-order valence-corrected chi connectivity index (χ0v) is 12.9. The number of nitrogens with one attached hydrogen (secondary N) is 2. The van der Waals surface area contributed by atoms with Gasteiger partial charge in [0.05, 0.1) is 6.26 Å². The van der Waals surface area contributed by atoms with E-state index in [1.165, 1.54) is 18.4 Å². The van der Waals surface area contributed by atoms with Crippen LogP contribution in [0.1, 0.15) is 38.0 Å². The summed E-state index contributed by atoms with van der Waals surface area (Å²) in [7, 11) is 0. The number of carbonyl (C=O) groups excluding carboxylic acids is 3. The van der Waals surface area contributed by atoms with Crippen LogP contribution in [0.4, 0.5) is 0 Å². The van der Waals surface area contributed by atoms with Gasteiger partial charge in [0.25, 0.3) is 5.91 Å². The first-order valence-corrected chi connectivity index (χ1v) is 6.76. The maximum Gasteiger partial charge on any atom is 0.342 e. The molecule has 0 bridgehead atoms. The lowest BCUT2D eigenvalue weighted by Gasteiger charge is -2.07. The molecular formula is C15H16N2O6. The third-order valence-electron chi connectivity index (χ3n) is 3.16. The Hall–Kier alpha value is -3.03. The molecule has 0 saturated heterocycles. The molecular weight excluding hydrogens is 304 g/mol. The van der Waals surface area contributed by atoms with Gasteiger partial charge in [0.2, 0.25) is 0 Å². The number of esters is 1. The van der Waals surface area contributed by atoms with E-state index in [2.05, 4.69) is 10.9 Å². The maximum atomic E-state index is 12.0. The van der Waals surface area contributed by atoms with Gasteiger partial charge in [-0.05, 0) is 32.9 Å². The molecule has 23 heavy (non-hydrogen) atoms. The number of amides is 2. The van der Waals surface area contributed by atoms with E-state index in [0.717, 1.165) is 0 Å². The van der Waals surface area contributed by atoms with Crippen molar-refractivity contribution in [1.82, 2.24) is 10.9 Å². The van der Waals surface area contributed by atoms with E-state index >= 15 is 0 Å². The lowest BCUT2D eigenvalue weighted by atomic mass is 10.1. The van der Waals surface area contributed by atoms with Gasteiger partial charge in [0.15, 0.2) is 12.4 Å². The number of hydrogen-bond donors (Lipinski definition) is 2. The third kappa shape index (κ3) is 3.79. The summed E-state index contributed by atoms with van der Waals surface area (Å²) in [5, 5.41) is 0. The summed E-state index contributed by atoms with van der Waals surface area (Å²) >= 11 is 0. The van der Waals surface area contributed by atoms with E-state index in [4.69, 9.17) is 13.6 Å². The SMILES string of the molecule is Cc1oc(C)c(C(=O)OCC(=O)NNC(=O)c2ccco2)c1C. The van der Waals surface area contributed by atoms with Gasteiger partial charge in [0.1, 0.15) is 17.1 Å². The number of aryl methyl sites for hydroxylation is 2. The van der Waals surface area contributed by atoms with Gasteiger partial charge in [-0.25, -0.2) is 4.79 Å². The van der Waals surface area contributed by atoms with Crippen LogP contribution in [0.15, 0.2) is 27.2 Å². The monoisotopic (exact) mass is 320 g/mol. The first kappa shape index (κ1) is 16.3. The topological polar surface area (TPSA) is 111 Å². The Morgan fingerprint density at radius 1 is 1.13 bits per heavy atom. The summed E-state index contributed by atoms with van der Waals surface area (Å²) in [6.45, 7) is 4.56. The largest absolute Gasteiger partial charge is 0.465 e. The number of hydrazine groups is 1. The molecule has 122 valence electrons. The average Bonchev–Trinajstić information content (AvgIpc) is 3.12. The standard InChI is InChI=1S/C15H16N2O6/c1-8-9(2)23-10(3)13(8)15(20)22-7-12(18)16-17-14(19)11-5-4-6-21-11/h4-6H,7H2,1-3H3,(H,16,18)(H,17,19). The van der Waals surface area contributed by atoms with Gasteiger partial charge < -0.3 is 13.6 Å². The molecule has 0 aliphatic heterocycles. The van der Waals surface area contributed by atoms with E-state index in [0.29, 0.717) is 22.6 Å². The van der Waals surface area contributed by atoms with Gasteiger partial charge in [0, 0.05) is 5.56 Å². The van der Waals surface area contributed by atoms with Gasteiger partial charge >= 0.3 is 11.9 Å². The second kappa shape index (κ2) is 6.82. The number of ether oxygens (including phenoxy) is 1. The Morgan fingerprint density at radius 3 is 2.43 bits per heavy atom. The van der Waals surface area contributed by atoms with Gasteiger partial charge in [-0.3, -0.25) is 20.4 Å². The third-order valence-corrected chi connectivity index (χ3v) is 3.16. The molecule has 2 amide bonds. The second-order valence-electron chi connectivity index (χ2n) is 4.77. The van der Waals surface area contributed by atoms with Crippen molar-refractivity contribution in [2.24, 2.45) is 0 Å². The molecule has 2 aromatic heterocycles. The fraction of sp³-hybridized carbons (Fsp3) is 0.267. The quantitative estimate of drug-likeness (QED) is 0.651. The minimum absolute atomic E-state index is 0.0439. The van der Waals surface area contributed by atoms with E-state index in [9.17, 15) is 14.4 Å². The molecule has 2 N–H and O–H groups in total. The minimum atomic E-state index is -0.686. The maximum absolute atomic E-state index is 12.0. The molecule has 8 heteroatoms. The molecule has 0 aliphatic carbocycles. The summed E-state index contributed by atoms with van der Waals surface area (Å²) in [6, 6.07) is 2.98. The molecule has 0 aliphatic rings. The summed E-state index contributed by atoms with van der Waals surface area (Å²) in [6.07, 6.45) is 1.33. The van der Waals surface area contributed by atoms with Crippen molar-refractivity contribution in [3.05, 3.63) is 46.8 Å². The van der Waals surface area contributed by atoms with Gasteiger partial charge in [-0.15, -0.1) is 0 Å². The van der Waals surface area contributed by atoms with Crippen molar-refractivity contribution in [2.45, 2.75) is 20.8 Å². The Labute approximate surface area is 131 Å². The molecule has 2 aromatic rings. The normalized spacial score (nSPS) is 10.2.